The van der Waals surface area contributed by atoms with Gasteiger partial charge in [0.2, 0.25) is 5.91 Å². The SMILES string of the molecule is CCC(C)c1ccc(NC(=O)CN(CCC#N)Cc2ccco2)cc1. The van der Waals surface area contributed by atoms with Gasteiger partial charge in [-0.15, -0.1) is 0 Å². The molecule has 1 atom stereocenters. The minimum Gasteiger partial charge on any atom is -0.468 e. The van der Waals surface area contributed by atoms with Gasteiger partial charge in [0, 0.05) is 18.7 Å². The molecule has 0 aliphatic heterocycles. The first-order valence-electron chi connectivity index (χ1n) is 8.63. The highest BCUT2D eigenvalue weighted by Crippen LogP contribution is 2.20. The number of amides is 1. The second-order valence-corrected chi connectivity index (χ2v) is 6.18. The third-order valence-corrected chi connectivity index (χ3v) is 4.24. The highest BCUT2D eigenvalue weighted by Gasteiger charge is 2.13. The number of nitrogens with one attached hydrogen (secondary N) is 1. The highest BCUT2D eigenvalue weighted by molar-refractivity contribution is 5.92. The zero-order valence-electron chi connectivity index (χ0n) is 14.9. The van der Waals surface area contributed by atoms with Gasteiger partial charge in [0.15, 0.2) is 0 Å². The fourth-order valence-corrected chi connectivity index (χ4v) is 2.58. The molecule has 1 aromatic carbocycles. The van der Waals surface area contributed by atoms with Crippen molar-refractivity contribution in [3.05, 3.63) is 54.0 Å². The second kappa shape index (κ2) is 9.65. The Balaban J connectivity index is 1.92. The summed E-state index contributed by atoms with van der Waals surface area (Å²) in [7, 11) is 0. The van der Waals surface area contributed by atoms with Crippen LogP contribution in [0.25, 0.3) is 0 Å². The molecule has 1 N–H and O–H groups in total. The lowest BCUT2D eigenvalue weighted by Gasteiger charge is -2.19. The van der Waals surface area contributed by atoms with Gasteiger partial charge < -0.3 is 9.73 Å². The Morgan fingerprint density at radius 3 is 2.68 bits per heavy atom. The van der Waals surface area contributed by atoms with E-state index < -0.39 is 0 Å². The molecular weight excluding hydrogens is 314 g/mol. The number of anilines is 1. The molecule has 0 saturated carbocycles. The van der Waals surface area contributed by atoms with Crippen LogP contribution in [0.4, 0.5) is 5.69 Å². The van der Waals surface area contributed by atoms with Crippen LogP contribution in [0.3, 0.4) is 0 Å². The summed E-state index contributed by atoms with van der Waals surface area (Å²) in [5.74, 6) is 1.20. The van der Waals surface area contributed by atoms with Gasteiger partial charge in [-0.1, -0.05) is 26.0 Å². The van der Waals surface area contributed by atoms with Gasteiger partial charge in [-0.2, -0.15) is 5.26 Å². The molecule has 2 aromatic rings. The molecule has 0 fully saturated rings. The van der Waals surface area contributed by atoms with Crippen molar-refractivity contribution in [3.63, 3.8) is 0 Å². The second-order valence-electron chi connectivity index (χ2n) is 6.18. The van der Waals surface area contributed by atoms with Crippen LogP contribution in [-0.4, -0.2) is 23.9 Å². The molecule has 5 nitrogen and oxygen atoms in total. The number of carbonyl (C=O) groups excluding carboxylic acids is 1. The van der Waals surface area contributed by atoms with Crippen LogP contribution in [-0.2, 0) is 11.3 Å². The number of carbonyl (C=O) groups is 1. The number of nitriles is 1. The van der Waals surface area contributed by atoms with E-state index in [1.165, 1.54) is 5.56 Å². The monoisotopic (exact) mass is 339 g/mol. The molecular formula is C20H25N3O2. The third kappa shape index (κ3) is 6.09. The van der Waals surface area contributed by atoms with Crippen molar-refractivity contribution >= 4 is 11.6 Å². The van der Waals surface area contributed by atoms with E-state index in [1.54, 1.807) is 6.26 Å². The molecule has 25 heavy (non-hydrogen) atoms. The van der Waals surface area contributed by atoms with E-state index in [2.05, 4.69) is 37.4 Å². The van der Waals surface area contributed by atoms with E-state index in [0.717, 1.165) is 17.9 Å². The minimum atomic E-state index is -0.0965. The molecule has 132 valence electrons. The van der Waals surface area contributed by atoms with Crippen LogP contribution in [0.1, 0.15) is 43.9 Å². The summed E-state index contributed by atoms with van der Waals surface area (Å²) in [4.78, 5) is 14.2. The topological polar surface area (TPSA) is 69.3 Å². The predicted molar refractivity (Wildman–Crippen MR) is 98.0 cm³/mol. The first-order valence-corrected chi connectivity index (χ1v) is 8.63. The third-order valence-electron chi connectivity index (χ3n) is 4.24. The maximum Gasteiger partial charge on any atom is 0.238 e. The molecule has 0 aliphatic rings. The van der Waals surface area contributed by atoms with E-state index in [0.29, 0.717) is 25.4 Å². The molecule has 0 aliphatic carbocycles. The fourth-order valence-electron chi connectivity index (χ4n) is 2.58. The fraction of sp³-hybridized carbons (Fsp3) is 0.400. The summed E-state index contributed by atoms with van der Waals surface area (Å²) in [6.45, 7) is 5.60. The van der Waals surface area contributed by atoms with Gasteiger partial charge in [0.25, 0.3) is 0 Å². The lowest BCUT2D eigenvalue weighted by Crippen LogP contribution is -2.33. The first kappa shape index (κ1) is 18.8. The molecule has 0 saturated heterocycles. The summed E-state index contributed by atoms with van der Waals surface area (Å²) in [6.07, 6.45) is 3.07. The summed E-state index contributed by atoms with van der Waals surface area (Å²) in [6, 6.07) is 13.8. The summed E-state index contributed by atoms with van der Waals surface area (Å²) < 4.78 is 5.33. The Kier molecular flexibility index (Phi) is 7.24. The van der Waals surface area contributed by atoms with Gasteiger partial charge in [-0.3, -0.25) is 9.69 Å². The number of nitrogens with zero attached hydrogens (tertiary/aromatic N) is 2. The first-order chi connectivity index (χ1) is 12.1. The summed E-state index contributed by atoms with van der Waals surface area (Å²) in [5, 5.41) is 11.7. The summed E-state index contributed by atoms with van der Waals surface area (Å²) >= 11 is 0. The molecule has 1 unspecified atom stereocenters. The largest absolute Gasteiger partial charge is 0.468 e. The van der Waals surface area contributed by atoms with Crippen LogP contribution in [0.2, 0.25) is 0 Å². The minimum absolute atomic E-state index is 0.0965. The van der Waals surface area contributed by atoms with Crippen molar-refractivity contribution in [1.29, 1.82) is 5.26 Å². The maximum atomic E-state index is 12.3. The number of furan rings is 1. The van der Waals surface area contributed by atoms with Crippen molar-refractivity contribution < 1.29 is 9.21 Å². The number of benzene rings is 1. The van der Waals surface area contributed by atoms with Crippen LogP contribution in [0, 0.1) is 11.3 Å². The van der Waals surface area contributed by atoms with Crippen molar-refractivity contribution in [1.82, 2.24) is 4.90 Å². The predicted octanol–water partition coefficient (Wildman–Crippen LogP) is 4.15. The van der Waals surface area contributed by atoms with E-state index in [9.17, 15) is 4.79 Å². The molecule has 0 radical (unpaired) electrons. The number of hydrogen-bond donors (Lipinski definition) is 1. The smallest absolute Gasteiger partial charge is 0.238 e. The lowest BCUT2D eigenvalue weighted by atomic mass is 9.99. The number of hydrogen-bond acceptors (Lipinski definition) is 4. The zero-order valence-corrected chi connectivity index (χ0v) is 14.9. The lowest BCUT2D eigenvalue weighted by molar-refractivity contribution is -0.117. The quantitative estimate of drug-likeness (QED) is 0.745. The Labute approximate surface area is 149 Å². The molecule has 0 bridgehead atoms. The molecule has 2 rings (SSSR count). The number of rotatable bonds is 9. The van der Waals surface area contributed by atoms with Crippen LogP contribution in [0.5, 0.6) is 0 Å². The summed E-state index contributed by atoms with van der Waals surface area (Å²) in [5.41, 5.74) is 2.06. The average molecular weight is 339 g/mol. The standard InChI is InChI=1S/C20H25N3O2/c1-3-16(2)17-7-9-18(10-8-17)22-20(24)15-23(12-5-11-21)14-19-6-4-13-25-19/h4,6-10,13,16H,3,5,12,14-15H2,1-2H3,(H,22,24). The Bertz CT molecular complexity index is 687. The zero-order chi connectivity index (χ0) is 18.1. The van der Waals surface area contributed by atoms with Gasteiger partial charge >= 0.3 is 0 Å². The molecule has 1 amide bonds. The molecule has 1 aromatic heterocycles. The van der Waals surface area contributed by atoms with Crippen LogP contribution >= 0.6 is 0 Å². The van der Waals surface area contributed by atoms with Crippen molar-refractivity contribution in [2.45, 2.75) is 39.2 Å². The molecule has 1 heterocycles. The van der Waals surface area contributed by atoms with E-state index in [1.807, 2.05) is 29.2 Å². The van der Waals surface area contributed by atoms with Gasteiger partial charge in [-0.05, 0) is 42.2 Å². The van der Waals surface area contributed by atoms with Crippen LogP contribution in [0.15, 0.2) is 47.1 Å². The Morgan fingerprint density at radius 1 is 1.32 bits per heavy atom. The average Bonchev–Trinajstić information content (AvgIpc) is 3.12. The van der Waals surface area contributed by atoms with E-state index in [-0.39, 0.29) is 12.5 Å². The Hall–Kier alpha value is -2.58. The molecule has 0 spiro atoms. The van der Waals surface area contributed by atoms with E-state index >= 15 is 0 Å². The van der Waals surface area contributed by atoms with Gasteiger partial charge in [-0.25, -0.2) is 0 Å². The van der Waals surface area contributed by atoms with E-state index in [4.69, 9.17) is 9.68 Å². The van der Waals surface area contributed by atoms with Crippen LogP contribution < -0.4 is 5.32 Å². The maximum absolute atomic E-state index is 12.3. The van der Waals surface area contributed by atoms with Crippen molar-refractivity contribution in [2.75, 3.05) is 18.4 Å². The van der Waals surface area contributed by atoms with Gasteiger partial charge in [0.05, 0.1) is 25.4 Å². The van der Waals surface area contributed by atoms with Crippen molar-refractivity contribution in [3.8, 4) is 6.07 Å². The van der Waals surface area contributed by atoms with Gasteiger partial charge in [0.1, 0.15) is 5.76 Å². The van der Waals surface area contributed by atoms with Crippen molar-refractivity contribution in [2.24, 2.45) is 0 Å². The Morgan fingerprint density at radius 2 is 2.08 bits per heavy atom. The highest BCUT2D eigenvalue weighted by atomic mass is 16.3. The normalized spacial score (nSPS) is 11.9. The molecule has 5 heteroatoms.